The fourth-order valence-electron chi connectivity index (χ4n) is 3.61. The zero-order chi connectivity index (χ0) is 23.7. The third-order valence-electron chi connectivity index (χ3n) is 5.16. The zero-order valence-corrected chi connectivity index (χ0v) is 19.5. The van der Waals surface area contributed by atoms with Gasteiger partial charge in [-0.1, -0.05) is 17.3 Å². The van der Waals surface area contributed by atoms with E-state index in [9.17, 15) is 26.0 Å². The number of sulfonamides is 2. The average molecular weight is 489 g/mol. The molecule has 1 aromatic heterocycles. The van der Waals surface area contributed by atoms with E-state index in [-0.39, 0.29) is 42.5 Å². The van der Waals surface area contributed by atoms with Crippen molar-refractivity contribution in [1.82, 2.24) is 19.1 Å². The molecule has 0 saturated carbocycles. The fourth-order valence-corrected chi connectivity index (χ4v) is 6.65. The summed E-state index contributed by atoms with van der Waals surface area (Å²) >= 11 is 0. The molecule has 0 spiro atoms. The Balaban J connectivity index is 1.70. The van der Waals surface area contributed by atoms with Crippen LogP contribution in [0.5, 0.6) is 0 Å². The van der Waals surface area contributed by atoms with E-state index < -0.39 is 42.7 Å². The highest BCUT2D eigenvalue weighted by molar-refractivity contribution is 7.89. The summed E-state index contributed by atoms with van der Waals surface area (Å²) in [6.07, 6.45) is 0.362. The lowest BCUT2D eigenvalue weighted by molar-refractivity contribution is -0.132. The molecule has 0 unspecified atom stereocenters. The van der Waals surface area contributed by atoms with Gasteiger partial charge in [-0.2, -0.15) is 9.03 Å². The third-order valence-corrected chi connectivity index (χ3v) is 8.88. The first-order chi connectivity index (χ1) is 14.9. The quantitative estimate of drug-likeness (QED) is 0.642. The highest BCUT2D eigenvalue weighted by Gasteiger charge is 2.34. The number of carbonyl (C=O) groups is 1. The molecule has 0 bridgehead atoms. The van der Waals surface area contributed by atoms with E-state index in [1.54, 1.807) is 6.92 Å². The van der Waals surface area contributed by atoms with E-state index in [2.05, 4.69) is 9.88 Å². The van der Waals surface area contributed by atoms with Crippen LogP contribution < -0.4 is 4.72 Å². The first-order valence-electron chi connectivity index (χ1n) is 9.94. The number of aromatic nitrogens is 1. The van der Waals surface area contributed by atoms with E-state index in [1.165, 1.54) is 35.2 Å². The van der Waals surface area contributed by atoms with Crippen LogP contribution in [0.1, 0.15) is 24.8 Å². The van der Waals surface area contributed by atoms with Gasteiger partial charge in [0, 0.05) is 26.2 Å². The number of amides is 1. The van der Waals surface area contributed by atoms with Gasteiger partial charge in [-0.25, -0.2) is 21.2 Å². The SMILES string of the molecule is Cc1noc(C)c1S(=O)(=O)N1CCCN(C(=O)[C@H](C)NS(=O)(=O)c2ccccc2F)CC1. The summed E-state index contributed by atoms with van der Waals surface area (Å²) in [7, 11) is -8.11. The molecule has 176 valence electrons. The molecule has 1 aliphatic heterocycles. The normalized spacial score (nSPS) is 17.2. The van der Waals surface area contributed by atoms with Gasteiger partial charge < -0.3 is 9.42 Å². The van der Waals surface area contributed by atoms with Gasteiger partial charge in [0.15, 0.2) is 5.76 Å². The average Bonchev–Trinajstić information content (AvgIpc) is 2.92. The fraction of sp³-hybridized carbons (Fsp3) is 0.474. The van der Waals surface area contributed by atoms with Gasteiger partial charge in [-0.3, -0.25) is 4.79 Å². The predicted octanol–water partition coefficient (Wildman–Crippen LogP) is 1.02. The molecular formula is C19H25FN4O6S2. The van der Waals surface area contributed by atoms with Gasteiger partial charge >= 0.3 is 0 Å². The van der Waals surface area contributed by atoms with Gasteiger partial charge in [0.25, 0.3) is 0 Å². The number of carbonyl (C=O) groups excluding carboxylic acids is 1. The molecule has 1 aliphatic rings. The second-order valence-electron chi connectivity index (χ2n) is 7.51. The van der Waals surface area contributed by atoms with Crippen LogP contribution in [0.3, 0.4) is 0 Å². The van der Waals surface area contributed by atoms with Crippen LogP contribution in [-0.2, 0) is 24.8 Å². The molecule has 32 heavy (non-hydrogen) atoms. The molecule has 2 aromatic rings. The van der Waals surface area contributed by atoms with Crippen molar-refractivity contribution < 1.29 is 30.5 Å². The Morgan fingerprint density at radius 2 is 1.81 bits per heavy atom. The van der Waals surface area contributed by atoms with Gasteiger partial charge in [-0.15, -0.1) is 0 Å². The topological polar surface area (TPSA) is 130 Å². The van der Waals surface area contributed by atoms with Crippen molar-refractivity contribution in [1.29, 1.82) is 0 Å². The number of nitrogens with zero attached hydrogens (tertiary/aromatic N) is 3. The molecule has 0 radical (unpaired) electrons. The molecule has 2 heterocycles. The van der Waals surface area contributed by atoms with Crippen molar-refractivity contribution in [2.24, 2.45) is 0 Å². The largest absolute Gasteiger partial charge is 0.360 e. The molecule has 1 fully saturated rings. The lowest BCUT2D eigenvalue weighted by Crippen LogP contribution is -2.48. The van der Waals surface area contributed by atoms with Crippen molar-refractivity contribution in [3.63, 3.8) is 0 Å². The standard InChI is InChI=1S/C19H25FN4O6S2/c1-13-18(15(3)30-21-13)32(28,29)24-10-6-9-23(11-12-24)19(25)14(2)22-31(26,27)17-8-5-4-7-16(17)20/h4-5,7-8,14,22H,6,9-12H2,1-3H3/t14-/m0/s1. The van der Waals surface area contributed by atoms with Crippen molar-refractivity contribution in [2.45, 2.75) is 43.0 Å². The molecule has 1 N–H and O–H groups in total. The molecular weight excluding hydrogens is 463 g/mol. The van der Waals surface area contributed by atoms with E-state index >= 15 is 0 Å². The van der Waals surface area contributed by atoms with Crippen LogP contribution in [0.2, 0.25) is 0 Å². The summed E-state index contributed by atoms with van der Waals surface area (Å²) in [5.74, 6) is -1.26. The van der Waals surface area contributed by atoms with E-state index in [4.69, 9.17) is 4.52 Å². The van der Waals surface area contributed by atoms with Gasteiger partial charge in [0.05, 0.1) is 6.04 Å². The maximum Gasteiger partial charge on any atom is 0.248 e. The van der Waals surface area contributed by atoms with Crippen LogP contribution in [0.15, 0.2) is 38.6 Å². The number of benzene rings is 1. The number of nitrogens with one attached hydrogen (secondary N) is 1. The number of hydrogen-bond acceptors (Lipinski definition) is 7. The maximum absolute atomic E-state index is 13.9. The minimum atomic E-state index is -4.25. The summed E-state index contributed by atoms with van der Waals surface area (Å²) in [6, 6.07) is 3.71. The molecule has 3 rings (SSSR count). The Labute approximate surface area is 186 Å². The Bertz CT molecular complexity index is 1190. The molecule has 1 aromatic carbocycles. The van der Waals surface area contributed by atoms with Crippen LogP contribution in [0.4, 0.5) is 4.39 Å². The first-order valence-corrected chi connectivity index (χ1v) is 12.9. The van der Waals surface area contributed by atoms with E-state index in [0.717, 1.165) is 12.1 Å². The van der Waals surface area contributed by atoms with Crippen molar-refractivity contribution in [3.05, 3.63) is 41.5 Å². The molecule has 13 heteroatoms. The van der Waals surface area contributed by atoms with E-state index in [1.807, 2.05) is 0 Å². The Morgan fingerprint density at radius 3 is 2.44 bits per heavy atom. The third kappa shape index (κ3) is 4.85. The predicted molar refractivity (Wildman–Crippen MR) is 112 cm³/mol. The van der Waals surface area contributed by atoms with Crippen LogP contribution in [0, 0.1) is 19.7 Å². The minimum absolute atomic E-state index is 0.0169. The van der Waals surface area contributed by atoms with Crippen LogP contribution in [0.25, 0.3) is 0 Å². The zero-order valence-electron chi connectivity index (χ0n) is 17.9. The Hall–Kier alpha value is -2.35. The summed E-state index contributed by atoms with van der Waals surface area (Å²) in [4.78, 5) is 13.7. The summed E-state index contributed by atoms with van der Waals surface area (Å²) in [5.41, 5.74) is 0.260. The second-order valence-corrected chi connectivity index (χ2v) is 11.1. The van der Waals surface area contributed by atoms with Crippen LogP contribution >= 0.6 is 0 Å². The molecule has 10 nitrogen and oxygen atoms in total. The smallest absolute Gasteiger partial charge is 0.248 e. The maximum atomic E-state index is 13.9. The summed E-state index contributed by atoms with van der Waals surface area (Å²) in [6.45, 7) is 4.97. The van der Waals surface area contributed by atoms with Crippen LogP contribution in [-0.4, -0.2) is 69.3 Å². The van der Waals surface area contributed by atoms with Crippen molar-refractivity contribution in [2.75, 3.05) is 26.2 Å². The monoisotopic (exact) mass is 488 g/mol. The molecule has 1 atom stereocenters. The number of hydrogen-bond donors (Lipinski definition) is 1. The van der Waals surface area contributed by atoms with Gasteiger partial charge in [-0.05, 0) is 39.3 Å². The molecule has 0 aliphatic carbocycles. The number of aryl methyl sites for hydroxylation is 2. The lowest BCUT2D eigenvalue weighted by Gasteiger charge is -2.25. The van der Waals surface area contributed by atoms with Crippen molar-refractivity contribution >= 4 is 26.0 Å². The second kappa shape index (κ2) is 9.25. The Kier molecular flexibility index (Phi) is 7.03. The molecule has 1 amide bonds. The lowest BCUT2D eigenvalue weighted by atomic mass is 10.3. The number of halogens is 1. The minimum Gasteiger partial charge on any atom is -0.360 e. The van der Waals surface area contributed by atoms with Crippen molar-refractivity contribution in [3.8, 4) is 0 Å². The van der Waals surface area contributed by atoms with E-state index in [0.29, 0.717) is 6.42 Å². The van der Waals surface area contributed by atoms with Gasteiger partial charge in [0.1, 0.15) is 21.3 Å². The number of rotatable bonds is 6. The highest BCUT2D eigenvalue weighted by Crippen LogP contribution is 2.24. The molecule has 1 saturated heterocycles. The first kappa shape index (κ1) is 24.3. The summed E-state index contributed by atoms with van der Waals surface area (Å²) < 4.78 is 73.3. The summed E-state index contributed by atoms with van der Waals surface area (Å²) in [5, 5.41) is 3.70. The Morgan fingerprint density at radius 1 is 1.12 bits per heavy atom. The van der Waals surface area contributed by atoms with Gasteiger partial charge in [0.2, 0.25) is 26.0 Å². The highest BCUT2D eigenvalue weighted by atomic mass is 32.2.